The van der Waals surface area contributed by atoms with Gasteiger partial charge in [0, 0.05) is 42.4 Å². The van der Waals surface area contributed by atoms with Crippen molar-refractivity contribution in [3.05, 3.63) is 103 Å². The monoisotopic (exact) mass is 753 g/mol. The maximum Gasteiger partial charge on any atom is 0.231 e. The molecule has 0 bridgehead atoms. The largest absolute Gasteiger partial charge is 0.490 e. The average molecular weight is 754 g/mol. The summed E-state index contributed by atoms with van der Waals surface area (Å²) in [5.74, 6) is 0.667. The quantitative estimate of drug-likeness (QED) is 0.0754. The van der Waals surface area contributed by atoms with Crippen LogP contribution in [0.15, 0.2) is 108 Å². The van der Waals surface area contributed by atoms with Gasteiger partial charge in [0.2, 0.25) is 12.1 Å². The molecule has 3 aromatic rings. The Labute approximate surface area is 324 Å². The first kappa shape index (κ1) is 38.7. The van der Waals surface area contributed by atoms with E-state index in [1.807, 2.05) is 18.2 Å². The van der Waals surface area contributed by atoms with E-state index in [0.717, 1.165) is 91.0 Å². The topological polar surface area (TPSA) is 99.0 Å². The molecule has 0 aromatic heterocycles. The highest BCUT2D eigenvalue weighted by molar-refractivity contribution is 8.00. The smallest absolute Gasteiger partial charge is 0.231 e. The van der Waals surface area contributed by atoms with E-state index in [4.69, 9.17) is 28.9 Å². The predicted molar refractivity (Wildman–Crippen MR) is 215 cm³/mol. The van der Waals surface area contributed by atoms with Gasteiger partial charge >= 0.3 is 0 Å². The van der Waals surface area contributed by atoms with Gasteiger partial charge in [-0.05, 0) is 97.0 Å². The molecule has 0 spiro atoms. The van der Waals surface area contributed by atoms with E-state index in [0.29, 0.717) is 26.2 Å². The second-order valence-corrected chi connectivity index (χ2v) is 16.1. The summed E-state index contributed by atoms with van der Waals surface area (Å²) >= 11 is 1.77. The van der Waals surface area contributed by atoms with Crippen LogP contribution in [0.2, 0.25) is 0 Å². The Morgan fingerprint density at radius 3 is 2.50 bits per heavy atom. The Morgan fingerprint density at radius 2 is 1.72 bits per heavy atom. The first-order valence-electron chi connectivity index (χ1n) is 19.8. The molecule has 1 saturated carbocycles. The summed E-state index contributed by atoms with van der Waals surface area (Å²) in [6, 6.07) is 21.2. The van der Waals surface area contributed by atoms with Crippen molar-refractivity contribution in [2.75, 3.05) is 33.0 Å². The number of ether oxygens (including phenoxy) is 4. The summed E-state index contributed by atoms with van der Waals surface area (Å²) in [7, 11) is 0. The minimum atomic E-state index is -1.07. The Morgan fingerprint density at radius 1 is 0.907 bits per heavy atom. The Hall–Kier alpha value is -3.60. The van der Waals surface area contributed by atoms with Crippen LogP contribution in [0.25, 0.3) is 10.8 Å². The molecular formula is C45H55NO7S. The fourth-order valence-corrected chi connectivity index (χ4v) is 10.3. The number of fused-ring (bicyclic) bond motifs is 3. The van der Waals surface area contributed by atoms with Crippen molar-refractivity contribution in [2.45, 2.75) is 92.3 Å². The predicted octanol–water partition coefficient (Wildman–Crippen LogP) is 9.36. The molecule has 54 heavy (non-hydrogen) atoms. The average Bonchev–Trinajstić information content (AvgIpc) is 3.20. The van der Waals surface area contributed by atoms with Crippen LogP contribution in [0.4, 0.5) is 0 Å². The number of unbranched alkanes of at least 4 members (excludes halogenated alkanes) is 2. The Bertz CT molecular complexity index is 1800. The number of aliphatic hydroxyl groups excluding tert-OH is 2. The first-order valence-corrected chi connectivity index (χ1v) is 20.7. The fourth-order valence-electron chi connectivity index (χ4n) is 8.99. The van der Waals surface area contributed by atoms with Crippen molar-refractivity contribution in [3.63, 3.8) is 0 Å². The van der Waals surface area contributed by atoms with E-state index in [-0.39, 0.29) is 48.4 Å². The summed E-state index contributed by atoms with van der Waals surface area (Å²) in [5, 5.41) is 26.9. The number of oxime groups is 1. The number of thioether (sulfide) groups is 1. The second-order valence-electron chi connectivity index (χ2n) is 14.9. The molecule has 2 aliphatic heterocycles. The second kappa shape index (κ2) is 18.4. The van der Waals surface area contributed by atoms with Crippen LogP contribution in [0.3, 0.4) is 0 Å². The first-order chi connectivity index (χ1) is 26.6. The summed E-state index contributed by atoms with van der Waals surface area (Å²) in [4.78, 5) is 7.39. The van der Waals surface area contributed by atoms with Gasteiger partial charge in [0.15, 0.2) is 0 Å². The minimum Gasteiger partial charge on any atom is -0.490 e. The summed E-state index contributed by atoms with van der Waals surface area (Å²) in [6.45, 7) is 9.64. The van der Waals surface area contributed by atoms with Crippen molar-refractivity contribution in [1.82, 2.24) is 0 Å². The van der Waals surface area contributed by atoms with Crippen LogP contribution < -0.4 is 9.47 Å². The van der Waals surface area contributed by atoms with Gasteiger partial charge in [-0.2, -0.15) is 0 Å². The zero-order valence-electron chi connectivity index (χ0n) is 31.3. The SMILES string of the molecule is C=CCOc1ccc2c(c1)[C@H]1[C@H](CCCCO)[C@@H](CCCCO)C=C3C(=NOC4CCCCO4)C[C@H](Sc4ccc5ccccc5c4)[C@@](OCC=C)(O2)[C@H]31. The zero-order valence-corrected chi connectivity index (χ0v) is 32.1. The molecule has 2 fully saturated rings. The van der Waals surface area contributed by atoms with Gasteiger partial charge in [-0.3, -0.25) is 0 Å². The number of hydrogen-bond acceptors (Lipinski definition) is 9. The van der Waals surface area contributed by atoms with E-state index < -0.39 is 5.79 Å². The fraction of sp³-hybridized carbons (Fsp3) is 0.489. The highest BCUT2D eigenvalue weighted by atomic mass is 32.2. The van der Waals surface area contributed by atoms with Crippen LogP contribution >= 0.6 is 11.8 Å². The van der Waals surface area contributed by atoms with Crippen molar-refractivity contribution >= 4 is 28.2 Å². The lowest BCUT2D eigenvalue weighted by Crippen LogP contribution is -2.64. The van der Waals surface area contributed by atoms with Crippen LogP contribution in [0.1, 0.15) is 75.7 Å². The molecule has 4 aliphatic rings. The molecule has 1 unspecified atom stereocenters. The highest BCUT2D eigenvalue weighted by Crippen LogP contribution is 2.63. The van der Waals surface area contributed by atoms with Crippen LogP contribution in [0, 0.1) is 17.8 Å². The van der Waals surface area contributed by atoms with Crippen LogP contribution in [-0.4, -0.2) is 66.3 Å². The molecule has 2 N–H and O–H groups in total. The normalized spacial score (nSPS) is 28.0. The minimum absolute atomic E-state index is 0.0141. The number of hydrogen-bond donors (Lipinski definition) is 2. The molecule has 3 aromatic carbocycles. The van der Waals surface area contributed by atoms with Crippen molar-refractivity contribution in [1.29, 1.82) is 0 Å². The molecule has 9 heteroatoms. The molecule has 7 rings (SSSR count). The van der Waals surface area contributed by atoms with E-state index >= 15 is 0 Å². The molecule has 0 radical (unpaired) electrons. The molecule has 2 aliphatic carbocycles. The summed E-state index contributed by atoms with van der Waals surface area (Å²) in [6.07, 6.45) is 14.2. The molecular weight excluding hydrogens is 699 g/mol. The third-order valence-electron chi connectivity index (χ3n) is 11.4. The third-order valence-corrected chi connectivity index (χ3v) is 12.7. The zero-order chi connectivity index (χ0) is 37.3. The maximum atomic E-state index is 9.90. The number of nitrogens with zero attached hydrogens (tertiary/aromatic N) is 1. The standard InChI is InChI=1S/C45H55NO7S/c1-3-24-49-34-19-21-40-38(29-34)43-36(16-8-11-23-48)33(15-7-10-22-47)28-37-39(46-53-42-17-9-12-26-50-42)30-41(45(52-40,44(37)43)51-25-4-2)54-35-20-18-31-13-5-6-14-32(31)27-35/h3-6,13-14,18-21,27-29,33,36,41-44,47-48H,1-2,7-12,15-17,22-26,30H2/t33-,36+,41-,42?,43+,44+,45+/m0/s1. The van der Waals surface area contributed by atoms with Gasteiger partial charge < -0.3 is 34.0 Å². The van der Waals surface area contributed by atoms with E-state index in [9.17, 15) is 10.2 Å². The summed E-state index contributed by atoms with van der Waals surface area (Å²) in [5.41, 5.74) is 3.10. The van der Waals surface area contributed by atoms with Gasteiger partial charge in [0.1, 0.15) is 18.1 Å². The molecule has 1 saturated heterocycles. The van der Waals surface area contributed by atoms with Crippen molar-refractivity contribution in [2.24, 2.45) is 22.9 Å². The van der Waals surface area contributed by atoms with Gasteiger partial charge in [-0.25, -0.2) is 0 Å². The van der Waals surface area contributed by atoms with Crippen LogP contribution in [0.5, 0.6) is 11.5 Å². The van der Waals surface area contributed by atoms with Crippen LogP contribution in [-0.2, 0) is 14.3 Å². The molecule has 2 heterocycles. The lowest BCUT2D eigenvalue weighted by atomic mass is 9.56. The lowest BCUT2D eigenvalue weighted by molar-refractivity contribution is -0.223. The third kappa shape index (κ3) is 8.31. The van der Waals surface area contributed by atoms with Gasteiger partial charge in [-0.1, -0.05) is 73.1 Å². The maximum absolute atomic E-state index is 9.90. The van der Waals surface area contributed by atoms with Gasteiger partial charge in [0.25, 0.3) is 0 Å². The lowest BCUT2D eigenvalue weighted by Gasteiger charge is -2.58. The molecule has 0 amide bonds. The molecule has 7 atom stereocenters. The molecule has 288 valence electrons. The molecule has 8 nitrogen and oxygen atoms in total. The number of allylic oxidation sites excluding steroid dienone is 1. The summed E-state index contributed by atoms with van der Waals surface area (Å²) < 4.78 is 26.6. The van der Waals surface area contributed by atoms with E-state index in [2.05, 4.69) is 67.8 Å². The van der Waals surface area contributed by atoms with Gasteiger partial charge in [0.05, 0.1) is 30.1 Å². The Balaban J connectivity index is 1.41. The van der Waals surface area contributed by atoms with Gasteiger partial charge in [-0.15, -0.1) is 18.3 Å². The van der Waals surface area contributed by atoms with E-state index in [1.165, 1.54) is 10.8 Å². The number of aliphatic hydroxyl groups is 2. The van der Waals surface area contributed by atoms with Crippen molar-refractivity contribution < 1.29 is 34.0 Å². The number of rotatable bonds is 18. The highest BCUT2D eigenvalue weighted by Gasteiger charge is 2.64. The van der Waals surface area contributed by atoms with E-state index in [1.54, 1.807) is 17.8 Å². The Kier molecular flexibility index (Phi) is 13.1. The van der Waals surface area contributed by atoms with Crippen molar-refractivity contribution in [3.8, 4) is 11.5 Å². The number of benzene rings is 3.